The average molecular weight is 311 g/mol. The van der Waals surface area contributed by atoms with Crippen LogP contribution >= 0.6 is 12.6 Å². The van der Waals surface area contributed by atoms with Crippen LogP contribution in [0.1, 0.15) is 12.0 Å². The van der Waals surface area contributed by atoms with Gasteiger partial charge in [0.1, 0.15) is 6.61 Å². The van der Waals surface area contributed by atoms with Crippen LogP contribution in [0.3, 0.4) is 0 Å². The van der Waals surface area contributed by atoms with Gasteiger partial charge in [0.2, 0.25) is 0 Å². The van der Waals surface area contributed by atoms with Crippen molar-refractivity contribution in [2.45, 2.75) is 18.3 Å². The maximum Gasteiger partial charge on any atom is 0.415 e. The van der Waals surface area contributed by atoms with Crippen molar-refractivity contribution in [3.8, 4) is 0 Å². The number of carbonyl (C=O) groups is 1. The number of hydrogen-bond donors (Lipinski definition) is 2. The SMILES string of the molecule is O=C(OCc1ccc([N+](=O)[O-])cc1)N1CC(S)C/C1=N\O. The molecule has 0 spiro atoms. The molecule has 2 rings (SSSR count). The van der Waals surface area contributed by atoms with Gasteiger partial charge in [-0.15, -0.1) is 0 Å². The molecular formula is C12H13N3O5S. The molecule has 1 N–H and O–H groups in total. The molecule has 1 atom stereocenters. The minimum atomic E-state index is -0.641. The number of amides is 1. The molecule has 1 saturated heterocycles. The number of likely N-dealkylation sites (tertiary alicyclic amines) is 1. The number of nitro groups is 1. The van der Waals surface area contributed by atoms with E-state index in [9.17, 15) is 14.9 Å². The molecule has 112 valence electrons. The Morgan fingerprint density at radius 1 is 1.52 bits per heavy atom. The highest BCUT2D eigenvalue weighted by molar-refractivity contribution is 7.81. The number of hydrogen-bond acceptors (Lipinski definition) is 7. The number of non-ortho nitro benzene ring substituents is 1. The molecule has 1 unspecified atom stereocenters. The molecule has 0 bridgehead atoms. The smallest absolute Gasteiger partial charge is 0.415 e. The highest BCUT2D eigenvalue weighted by atomic mass is 32.1. The lowest BCUT2D eigenvalue weighted by molar-refractivity contribution is -0.384. The largest absolute Gasteiger partial charge is 0.444 e. The Morgan fingerprint density at radius 3 is 2.76 bits per heavy atom. The van der Waals surface area contributed by atoms with Crippen LogP contribution in [-0.2, 0) is 11.3 Å². The van der Waals surface area contributed by atoms with Crippen molar-refractivity contribution >= 4 is 30.2 Å². The van der Waals surface area contributed by atoms with Gasteiger partial charge in [0.25, 0.3) is 5.69 Å². The van der Waals surface area contributed by atoms with Crippen molar-refractivity contribution in [3.05, 3.63) is 39.9 Å². The first kappa shape index (κ1) is 15.1. The predicted octanol–water partition coefficient (Wildman–Crippen LogP) is 2.02. The summed E-state index contributed by atoms with van der Waals surface area (Å²) in [5.41, 5.74) is 0.593. The van der Waals surface area contributed by atoms with E-state index in [4.69, 9.17) is 9.94 Å². The standard InChI is InChI=1S/C12H13N3O5S/c16-12(14-6-10(21)5-11(14)13-17)20-7-8-1-3-9(4-2-8)15(18)19/h1-4,10,17,21H,5-7H2/b13-11+. The molecule has 1 heterocycles. The first-order valence-electron chi connectivity index (χ1n) is 6.08. The third-order valence-corrected chi connectivity index (χ3v) is 3.31. The summed E-state index contributed by atoms with van der Waals surface area (Å²) in [7, 11) is 0. The van der Waals surface area contributed by atoms with Gasteiger partial charge in [0.15, 0.2) is 5.84 Å². The Hall–Kier alpha value is -2.29. The van der Waals surface area contributed by atoms with E-state index in [2.05, 4.69) is 17.8 Å². The van der Waals surface area contributed by atoms with Crippen LogP contribution < -0.4 is 0 Å². The molecule has 1 aliphatic heterocycles. The zero-order valence-electron chi connectivity index (χ0n) is 10.9. The summed E-state index contributed by atoms with van der Waals surface area (Å²) in [5, 5.41) is 22.3. The minimum absolute atomic E-state index is 0.0245. The van der Waals surface area contributed by atoms with Gasteiger partial charge in [-0.25, -0.2) is 4.79 Å². The predicted molar refractivity (Wildman–Crippen MR) is 76.6 cm³/mol. The van der Waals surface area contributed by atoms with Crippen molar-refractivity contribution in [1.29, 1.82) is 0 Å². The van der Waals surface area contributed by atoms with E-state index in [0.717, 1.165) is 0 Å². The first-order chi connectivity index (χ1) is 10.0. The van der Waals surface area contributed by atoms with Crippen LogP contribution in [0.2, 0.25) is 0 Å². The Morgan fingerprint density at radius 2 is 2.19 bits per heavy atom. The van der Waals surface area contributed by atoms with Crippen LogP contribution in [0.25, 0.3) is 0 Å². The number of nitro benzene ring substituents is 1. The first-order valence-corrected chi connectivity index (χ1v) is 6.59. The number of oxime groups is 1. The summed E-state index contributed by atoms with van der Waals surface area (Å²) < 4.78 is 5.08. The zero-order valence-corrected chi connectivity index (χ0v) is 11.8. The van der Waals surface area contributed by atoms with Gasteiger partial charge in [-0.05, 0) is 17.7 Å². The number of carbonyl (C=O) groups excluding carboxylic acids is 1. The van der Waals surface area contributed by atoms with Crippen molar-refractivity contribution in [3.63, 3.8) is 0 Å². The van der Waals surface area contributed by atoms with Gasteiger partial charge in [-0.3, -0.25) is 15.0 Å². The highest BCUT2D eigenvalue weighted by Crippen LogP contribution is 2.19. The molecule has 0 radical (unpaired) electrons. The zero-order chi connectivity index (χ0) is 15.4. The maximum absolute atomic E-state index is 11.9. The fourth-order valence-electron chi connectivity index (χ4n) is 1.91. The monoisotopic (exact) mass is 311 g/mol. The maximum atomic E-state index is 11.9. The Bertz CT molecular complexity index is 575. The van der Waals surface area contributed by atoms with E-state index in [1.54, 1.807) is 0 Å². The highest BCUT2D eigenvalue weighted by Gasteiger charge is 2.32. The van der Waals surface area contributed by atoms with Gasteiger partial charge in [-0.1, -0.05) is 5.16 Å². The summed E-state index contributed by atoms with van der Waals surface area (Å²) in [4.78, 5) is 23.1. The number of nitrogens with zero attached hydrogens (tertiary/aromatic N) is 3. The second-order valence-electron chi connectivity index (χ2n) is 4.46. The van der Waals surface area contributed by atoms with Gasteiger partial charge < -0.3 is 9.94 Å². The summed E-state index contributed by atoms with van der Waals surface area (Å²) in [6.07, 6.45) is -0.260. The normalized spacial score (nSPS) is 19.8. The minimum Gasteiger partial charge on any atom is -0.444 e. The van der Waals surface area contributed by atoms with Crippen molar-refractivity contribution < 1.29 is 19.7 Å². The molecule has 1 aromatic carbocycles. The number of benzene rings is 1. The molecule has 9 heteroatoms. The molecule has 1 amide bonds. The van der Waals surface area contributed by atoms with Crippen LogP contribution in [0.5, 0.6) is 0 Å². The van der Waals surface area contributed by atoms with E-state index in [0.29, 0.717) is 18.5 Å². The molecule has 0 aromatic heterocycles. The van der Waals surface area contributed by atoms with Gasteiger partial charge in [0, 0.05) is 30.3 Å². The van der Waals surface area contributed by atoms with Crippen molar-refractivity contribution in [2.75, 3.05) is 6.54 Å². The summed E-state index contributed by atoms with van der Waals surface area (Å²) in [5.74, 6) is 0.212. The number of amidine groups is 1. The van der Waals surface area contributed by atoms with E-state index in [1.165, 1.54) is 29.2 Å². The van der Waals surface area contributed by atoms with Crippen LogP contribution in [-0.4, -0.2) is 38.8 Å². The number of ether oxygens (including phenoxy) is 1. The fourth-order valence-corrected chi connectivity index (χ4v) is 2.24. The van der Waals surface area contributed by atoms with Gasteiger partial charge >= 0.3 is 6.09 Å². The van der Waals surface area contributed by atoms with E-state index < -0.39 is 11.0 Å². The lowest BCUT2D eigenvalue weighted by Gasteiger charge is -2.15. The Labute approximate surface area is 125 Å². The third kappa shape index (κ3) is 3.63. The lowest BCUT2D eigenvalue weighted by Crippen LogP contribution is -2.33. The lowest BCUT2D eigenvalue weighted by atomic mass is 10.2. The molecule has 1 aromatic rings. The molecule has 0 aliphatic carbocycles. The van der Waals surface area contributed by atoms with Crippen LogP contribution in [0, 0.1) is 10.1 Å². The molecular weight excluding hydrogens is 298 g/mol. The summed E-state index contributed by atoms with van der Waals surface area (Å²) in [6, 6.07) is 5.70. The second-order valence-corrected chi connectivity index (χ2v) is 5.19. The topological polar surface area (TPSA) is 105 Å². The van der Waals surface area contributed by atoms with Crippen molar-refractivity contribution in [2.24, 2.45) is 5.16 Å². The number of thiol groups is 1. The Kier molecular flexibility index (Phi) is 4.63. The Balaban J connectivity index is 1.93. The number of rotatable bonds is 3. The van der Waals surface area contributed by atoms with Gasteiger partial charge in [0.05, 0.1) is 4.92 Å². The fraction of sp³-hybridized carbons (Fsp3) is 0.333. The van der Waals surface area contributed by atoms with Crippen LogP contribution in [0.15, 0.2) is 29.4 Å². The average Bonchev–Trinajstić information content (AvgIpc) is 2.86. The van der Waals surface area contributed by atoms with E-state index in [-0.39, 0.29) is 23.4 Å². The van der Waals surface area contributed by atoms with E-state index in [1.807, 2.05) is 0 Å². The molecule has 21 heavy (non-hydrogen) atoms. The molecule has 1 fully saturated rings. The van der Waals surface area contributed by atoms with Crippen molar-refractivity contribution in [1.82, 2.24) is 4.90 Å². The quantitative estimate of drug-likeness (QED) is 0.384. The molecule has 1 aliphatic rings. The summed E-state index contributed by atoms with van der Waals surface area (Å²) >= 11 is 4.22. The molecule has 8 nitrogen and oxygen atoms in total. The molecule has 0 saturated carbocycles. The van der Waals surface area contributed by atoms with E-state index >= 15 is 0 Å². The second kappa shape index (κ2) is 6.44. The summed E-state index contributed by atoms with van der Waals surface area (Å²) in [6.45, 7) is 0.283. The van der Waals surface area contributed by atoms with Gasteiger partial charge in [-0.2, -0.15) is 12.6 Å². The van der Waals surface area contributed by atoms with Crippen LogP contribution in [0.4, 0.5) is 10.5 Å². The third-order valence-electron chi connectivity index (χ3n) is 2.97.